The number of carbonyl (C=O) groups excluding carboxylic acids is 1. The number of benzene rings is 1. The molecular weight excluding hydrogens is 376 g/mol. The lowest BCUT2D eigenvalue weighted by molar-refractivity contribution is 0.0711. The molecule has 5 rings (SSSR count). The topological polar surface area (TPSA) is 85.5 Å². The maximum Gasteiger partial charge on any atom is 0.253 e. The molecule has 1 aliphatic rings. The van der Waals surface area contributed by atoms with Crippen molar-refractivity contribution in [2.45, 2.75) is 18.8 Å². The minimum absolute atomic E-state index is 0.0691. The molecule has 0 unspecified atom stereocenters. The van der Waals surface area contributed by atoms with E-state index < -0.39 is 0 Å². The molecule has 0 spiro atoms. The van der Waals surface area contributed by atoms with Crippen LogP contribution >= 0.6 is 11.3 Å². The van der Waals surface area contributed by atoms with Crippen molar-refractivity contribution in [2.75, 3.05) is 20.2 Å². The molecular formula is C19H18N6O2S. The predicted octanol–water partition coefficient (Wildman–Crippen LogP) is 2.76. The van der Waals surface area contributed by atoms with Gasteiger partial charge >= 0.3 is 0 Å². The third-order valence-corrected chi connectivity index (χ3v) is 5.99. The smallest absolute Gasteiger partial charge is 0.253 e. The molecule has 0 radical (unpaired) electrons. The lowest BCUT2D eigenvalue weighted by Gasteiger charge is -2.31. The summed E-state index contributed by atoms with van der Waals surface area (Å²) in [7, 11) is 1.59. The molecule has 0 N–H and O–H groups in total. The van der Waals surface area contributed by atoms with Gasteiger partial charge in [-0.2, -0.15) is 4.52 Å². The zero-order valence-corrected chi connectivity index (χ0v) is 16.1. The van der Waals surface area contributed by atoms with E-state index in [9.17, 15) is 4.79 Å². The number of fused-ring (bicyclic) bond motifs is 2. The van der Waals surface area contributed by atoms with Gasteiger partial charge in [0.25, 0.3) is 5.91 Å². The molecule has 8 nitrogen and oxygen atoms in total. The summed E-state index contributed by atoms with van der Waals surface area (Å²) in [4.78, 5) is 19.1. The van der Waals surface area contributed by atoms with Crippen molar-refractivity contribution in [2.24, 2.45) is 0 Å². The van der Waals surface area contributed by atoms with Gasteiger partial charge in [-0.3, -0.25) is 4.79 Å². The molecule has 1 amide bonds. The first-order valence-corrected chi connectivity index (χ1v) is 10.00. The normalized spacial score (nSPS) is 15.4. The fourth-order valence-corrected chi connectivity index (χ4v) is 4.38. The summed E-state index contributed by atoms with van der Waals surface area (Å²) in [5.41, 5.74) is 4.15. The van der Waals surface area contributed by atoms with E-state index in [1.165, 1.54) is 0 Å². The molecule has 0 bridgehead atoms. The van der Waals surface area contributed by atoms with Crippen LogP contribution in [0.1, 0.15) is 34.9 Å². The lowest BCUT2D eigenvalue weighted by atomic mass is 9.95. The molecule has 142 valence electrons. The van der Waals surface area contributed by atoms with E-state index in [1.54, 1.807) is 34.5 Å². The molecule has 4 aromatic rings. The van der Waals surface area contributed by atoms with Crippen LogP contribution in [0, 0.1) is 0 Å². The van der Waals surface area contributed by atoms with Crippen molar-refractivity contribution in [3.05, 3.63) is 47.2 Å². The first-order valence-electron chi connectivity index (χ1n) is 9.12. The van der Waals surface area contributed by atoms with Crippen LogP contribution in [0.5, 0.6) is 5.88 Å². The van der Waals surface area contributed by atoms with E-state index in [4.69, 9.17) is 4.74 Å². The van der Waals surface area contributed by atoms with Gasteiger partial charge in [0.2, 0.25) is 5.88 Å². The van der Waals surface area contributed by atoms with Gasteiger partial charge in [0.15, 0.2) is 11.5 Å². The van der Waals surface area contributed by atoms with Crippen LogP contribution in [-0.4, -0.2) is 55.8 Å². The van der Waals surface area contributed by atoms with E-state index in [1.807, 2.05) is 29.2 Å². The Balaban J connectivity index is 1.32. The van der Waals surface area contributed by atoms with Gasteiger partial charge in [-0.25, -0.2) is 4.98 Å². The highest BCUT2D eigenvalue weighted by Crippen LogP contribution is 2.28. The van der Waals surface area contributed by atoms with Gasteiger partial charge in [-0.15, -0.1) is 26.6 Å². The molecule has 1 aromatic carbocycles. The van der Waals surface area contributed by atoms with Crippen LogP contribution in [0.15, 0.2) is 35.8 Å². The number of hydrogen-bond acceptors (Lipinski definition) is 7. The second-order valence-corrected chi connectivity index (χ2v) is 7.69. The molecule has 4 heterocycles. The number of rotatable bonds is 3. The Morgan fingerprint density at radius 2 is 2.04 bits per heavy atom. The SMILES string of the molecule is COc1ccc2nnc(C3CCN(C(=O)c4ccc5ncsc5c4)CC3)n2n1. The zero-order valence-electron chi connectivity index (χ0n) is 15.3. The van der Waals surface area contributed by atoms with Crippen molar-refractivity contribution in [3.8, 4) is 5.88 Å². The molecule has 0 atom stereocenters. The third-order valence-electron chi connectivity index (χ3n) is 5.20. The standard InChI is InChI=1S/C19H18N6O2S/c1-27-17-5-4-16-21-22-18(25(16)23-17)12-6-8-24(9-7-12)19(26)13-2-3-14-15(10-13)28-11-20-14/h2-5,10-12H,6-9H2,1H3. The van der Waals surface area contributed by atoms with E-state index in [0.29, 0.717) is 24.6 Å². The molecule has 1 fully saturated rings. The Bertz CT molecular complexity index is 1160. The van der Waals surface area contributed by atoms with Crippen molar-refractivity contribution < 1.29 is 9.53 Å². The summed E-state index contributed by atoms with van der Waals surface area (Å²) in [6.07, 6.45) is 1.66. The van der Waals surface area contributed by atoms with Gasteiger partial charge in [0.1, 0.15) is 0 Å². The zero-order chi connectivity index (χ0) is 19.1. The van der Waals surface area contributed by atoms with Crippen molar-refractivity contribution in [1.29, 1.82) is 0 Å². The van der Waals surface area contributed by atoms with Gasteiger partial charge in [-0.05, 0) is 37.1 Å². The number of methoxy groups -OCH3 is 1. The first kappa shape index (κ1) is 17.1. The number of thiazole rings is 1. The average molecular weight is 394 g/mol. The summed E-state index contributed by atoms with van der Waals surface area (Å²) in [5.74, 6) is 1.63. The van der Waals surface area contributed by atoms with Gasteiger partial charge in [-0.1, -0.05) is 0 Å². The highest BCUT2D eigenvalue weighted by Gasteiger charge is 2.28. The number of amides is 1. The first-order chi connectivity index (χ1) is 13.7. The Hall–Kier alpha value is -3.07. The number of aromatic nitrogens is 5. The predicted molar refractivity (Wildman–Crippen MR) is 105 cm³/mol. The number of piperidine rings is 1. The van der Waals surface area contributed by atoms with E-state index in [0.717, 1.165) is 34.4 Å². The number of likely N-dealkylation sites (tertiary alicyclic amines) is 1. The summed E-state index contributed by atoms with van der Waals surface area (Å²) < 4.78 is 8.00. The number of ether oxygens (including phenoxy) is 1. The van der Waals surface area contributed by atoms with Crippen LogP contribution in [0.2, 0.25) is 0 Å². The minimum Gasteiger partial charge on any atom is -0.480 e. The average Bonchev–Trinajstić information content (AvgIpc) is 3.39. The van der Waals surface area contributed by atoms with Crippen molar-refractivity contribution in [3.63, 3.8) is 0 Å². The quantitative estimate of drug-likeness (QED) is 0.531. The molecule has 0 aliphatic carbocycles. The van der Waals surface area contributed by atoms with Gasteiger partial charge in [0.05, 0.1) is 22.8 Å². The highest BCUT2D eigenvalue weighted by molar-refractivity contribution is 7.16. The molecule has 9 heteroatoms. The Morgan fingerprint density at radius 1 is 1.18 bits per heavy atom. The van der Waals surface area contributed by atoms with Crippen molar-refractivity contribution in [1.82, 2.24) is 29.7 Å². The van der Waals surface area contributed by atoms with Gasteiger partial charge < -0.3 is 9.64 Å². The van der Waals surface area contributed by atoms with Gasteiger partial charge in [0, 0.05) is 30.6 Å². The minimum atomic E-state index is 0.0691. The van der Waals surface area contributed by atoms with Crippen LogP contribution in [0.3, 0.4) is 0 Å². The van der Waals surface area contributed by atoms with Crippen LogP contribution in [0.25, 0.3) is 15.9 Å². The summed E-state index contributed by atoms with van der Waals surface area (Å²) in [6, 6.07) is 9.32. The highest BCUT2D eigenvalue weighted by atomic mass is 32.1. The number of nitrogens with zero attached hydrogens (tertiary/aromatic N) is 6. The Labute approximate surface area is 164 Å². The molecule has 28 heavy (non-hydrogen) atoms. The van der Waals surface area contributed by atoms with E-state index in [-0.39, 0.29) is 11.8 Å². The largest absolute Gasteiger partial charge is 0.480 e. The lowest BCUT2D eigenvalue weighted by Crippen LogP contribution is -2.38. The molecule has 1 aliphatic heterocycles. The molecule has 3 aromatic heterocycles. The maximum atomic E-state index is 12.9. The summed E-state index contributed by atoms with van der Waals surface area (Å²) in [5, 5.41) is 13.0. The van der Waals surface area contributed by atoms with Crippen molar-refractivity contribution >= 4 is 33.1 Å². The third kappa shape index (κ3) is 2.88. The summed E-state index contributed by atoms with van der Waals surface area (Å²) in [6.45, 7) is 1.37. The monoisotopic (exact) mass is 394 g/mol. The fraction of sp³-hybridized carbons (Fsp3) is 0.316. The van der Waals surface area contributed by atoms with Crippen LogP contribution in [-0.2, 0) is 0 Å². The van der Waals surface area contributed by atoms with E-state index >= 15 is 0 Å². The molecule has 0 saturated carbocycles. The van der Waals surface area contributed by atoms with Crippen LogP contribution in [0.4, 0.5) is 0 Å². The number of hydrogen-bond donors (Lipinski definition) is 0. The Kier molecular flexibility index (Phi) is 4.16. The second-order valence-electron chi connectivity index (χ2n) is 6.81. The van der Waals surface area contributed by atoms with Crippen LogP contribution < -0.4 is 4.74 Å². The maximum absolute atomic E-state index is 12.9. The second kappa shape index (κ2) is 6.83. The molecule has 1 saturated heterocycles. The fourth-order valence-electron chi connectivity index (χ4n) is 3.66. The Morgan fingerprint density at radius 3 is 2.86 bits per heavy atom. The number of carbonyl (C=O) groups is 1. The van der Waals surface area contributed by atoms with E-state index in [2.05, 4.69) is 20.3 Å². The summed E-state index contributed by atoms with van der Waals surface area (Å²) >= 11 is 1.55.